The number of halogens is 1. The van der Waals surface area contributed by atoms with Gasteiger partial charge in [-0.3, -0.25) is 0 Å². The first-order chi connectivity index (χ1) is 10.1. The van der Waals surface area contributed by atoms with Crippen LogP contribution in [0.25, 0.3) is 0 Å². The molecule has 0 aliphatic rings. The van der Waals surface area contributed by atoms with Crippen LogP contribution in [0.3, 0.4) is 0 Å². The molecule has 0 fully saturated rings. The maximum Gasteiger partial charge on any atom is 0.127 e. The van der Waals surface area contributed by atoms with Gasteiger partial charge < -0.3 is 0 Å². The molecular formula is C19H24FN. The van der Waals surface area contributed by atoms with Crippen LogP contribution in [0.15, 0.2) is 48.5 Å². The first-order valence-electron chi connectivity index (χ1n) is 7.29. The largest absolute Gasteiger partial charge is 0.207 e. The third-order valence-corrected chi connectivity index (χ3v) is 2.53. The van der Waals surface area contributed by atoms with E-state index in [1.54, 1.807) is 12.1 Å². The van der Waals surface area contributed by atoms with Crippen LogP contribution >= 0.6 is 0 Å². The lowest BCUT2D eigenvalue weighted by atomic mass is 10.1. The number of nitriles is 1. The second kappa shape index (κ2) is 11.7. The summed E-state index contributed by atoms with van der Waals surface area (Å²) in [6.07, 6.45) is 1.82. The van der Waals surface area contributed by atoms with E-state index in [0.717, 1.165) is 0 Å². The smallest absolute Gasteiger partial charge is 0.127 e. The molecule has 2 aromatic rings. The minimum atomic E-state index is -0.286. The van der Waals surface area contributed by atoms with Crippen LogP contribution in [0.2, 0.25) is 0 Å². The Morgan fingerprint density at radius 1 is 0.952 bits per heavy atom. The van der Waals surface area contributed by atoms with E-state index in [-0.39, 0.29) is 5.82 Å². The molecule has 0 saturated heterocycles. The van der Waals surface area contributed by atoms with Crippen LogP contribution in [-0.4, -0.2) is 0 Å². The summed E-state index contributed by atoms with van der Waals surface area (Å²) in [4.78, 5) is 0. The van der Waals surface area contributed by atoms with Gasteiger partial charge in [0.05, 0.1) is 11.6 Å². The molecule has 0 spiro atoms. The second-order valence-corrected chi connectivity index (χ2v) is 4.59. The SMILES string of the molecule is CCC.CCc1c(F)cccc1C#N.Cc1ccccc1. The fourth-order valence-electron chi connectivity index (χ4n) is 1.56. The molecule has 0 saturated carbocycles. The van der Waals surface area contributed by atoms with E-state index in [4.69, 9.17) is 5.26 Å². The number of benzene rings is 2. The number of hydrogen-bond donors (Lipinski definition) is 0. The van der Waals surface area contributed by atoms with Gasteiger partial charge in [-0.25, -0.2) is 4.39 Å². The predicted molar refractivity (Wildman–Crippen MR) is 87.6 cm³/mol. The van der Waals surface area contributed by atoms with Crippen molar-refractivity contribution in [3.63, 3.8) is 0 Å². The van der Waals surface area contributed by atoms with Gasteiger partial charge in [-0.05, 0) is 25.5 Å². The maximum atomic E-state index is 12.9. The van der Waals surface area contributed by atoms with Gasteiger partial charge >= 0.3 is 0 Å². The Bertz CT molecular complexity index is 541. The summed E-state index contributed by atoms with van der Waals surface area (Å²) in [5.41, 5.74) is 2.27. The van der Waals surface area contributed by atoms with Crippen LogP contribution in [-0.2, 0) is 6.42 Å². The van der Waals surface area contributed by atoms with Crippen molar-refractivity contribution >= 4 is 0 Å². The highest BCUT2D eigenvalue weighted by Crippen LogP contribution is 2.12. The van der Waals surface area contributed by atoms with Gasteiger partial charge in [0.1, 0.15) is 5.82 Å². The molecule has 2 aromatic carbocycles. The lowest BCUT2D eigenvalue weighted by molar-refractivity contribution is 0.611. The summed E-state index contributed by atoms with van der Waals surface area (Å²) < 4.78 is 12.9. The molecule has 0 bridgehead atoms. The van der Waals surface area contributed by atoms with Crippen LogP contribution < -0.4 is 0 Å². The third-order valence-electron chi connectivity index (χ3n) is 2.53. The van der Waals surface area contributed by atoms with E-state index < -0.39 is 0 Å². The molecule has 0 aliphatic heterocycles. The molecule has 0 aliphatic carbocycles. The molecule has 2 rings (SSSR count). The van der Waals surface area contributed by atoms with Gasteiger partial charge in [0, 0.05) is 5.56 Å². The van der Waals surface area contributed by atoms with Crippen LogP contribution in [0.1, 0.15) is 43.9 Å². The van der Waals surface area contributed by atoms with Crippen molar-refractivity contribution in [1.29, 1.82) is 5.26 Å². The van der Waals surface area contributed by atoms with Crippen LogP contribution in [0.5, 0.6) is 0 Å². The minimum absolute atomic E-state index is 0.286. The molecule has 0 amide bonds. The Hall–Kier alpha value is -2.14. The van der Waals surface area contributed by atoms with Crippen molar-refractivity contribution in [3.8, 4) is 6.07 Å². The standard InChI is InChI=1S/C9H8FN.C7H8.C3H8/c1-2-8-7(6-11)4-3-5-9(8)10;1-7-5-3-2-4-6-7;1-3-2/h3-5H,2H2,1H3;2-6H,1H3;3H2,1-2H3. The highest BCUT2D eigenvalue weighted by Gasteiger charge is 2.03. The van der Waals surface area contributed by atoms with Crippen molar-refractivity contribution < 1.29 is 4.39 Å². The molecular weight excluding hydrogens is 261 g/mol. The van der Waals surface area contributed by atoms with Gasteiger partial charge in [-0.15, -0.1) is 0 Å². The number of nitrogens with zero attached hydrogens (tertiary/aromatic N) is 1. The minimum Gasteiger partial charge on any atom is -0.207 e. The van der Waals surface area contributed by atoms with Crippen molar-refractivity contribution in [1.82, 2.24) is 0 Å². The van der Waals surface area contributed by atoms with Crippen molar-refractivity contribution in [3.05, 3.63) is 71.0 Å². The summed E-state index contributed by atoms with van der Waals surface area (Å²) in [5.74, 6) is -0.286. The highest BCUT2D eigenvalue weighted by atomic mass is 19.1. The van der Waals surface area contributed by atoms with E-state index in [0.29, 0.717) is 17.5 Å². The molecule has 0 N–H and O–H groups in total. The second-order valence-electron chi connectivity index (χ2n) is 4.59. The van der Waals surface area contributed by atoms with Gasteiger partial charge in [-0.2, -0.15) is 5.26 Å². The van der Waals surface area contributed by atoms with Gasteiger partial charge in [0.25, 0.3) is 0 Å². The van der Waals surface area contributed by atoms with E-state index in [1.165, 1.54) is 18.1 Å². The zero-order valence-electron chi connectivity index (χ0n) is 13.4. The molecule has 112 valence electrons. The quantitative estimate of drug-likeness (QED) is 0.662. The molecule has 0 radical (unpaired) electrons. The van der Waals surface area contributed by atoms with Gasteiger partial charge in [0.15, 0.2) is 0 Å². The Morgan fingerprint density at radius 2 is 1.52 bits per heavy atom. The zero-order chi connectivity index (χ0) is 16.1. The molecule has 21 heavy (non-hydrogen) atoms. The molecule has 0 atom stereocenters. The monoisotopic (exact) mass is 285 g/mol. The highest BCUT2D eigenvalue weighted by molar-refractivity contribution is 5.38. The Labute approximate surface area is 128 Å². The summed E-state index contributed by atoms with van der Waals surface area (Å²) in [7, 11) is 0. The number of hydrogen-bond acceptors (Lipinski definition) is 1. The molecule has 1 nitrogen and oxygen atoms in total. The van der Waals surface area contributed by atoms with Crippen molar-refractivity contribution in [2.75, 3.05) is 0 Å². The lowest BCUT2D eigenvalue weighted by Crippen LogP contribution is -1.91. The van der Waals surface area contributed by atoms with E-state index in [2.05, 4.69) is 32.9 Å². The summed E-state index contributed by atoms with van der Waals surface area (Å²) >= 11 is 0. The lowest BCUT2D eigenvalue weighted by Gasteiger charge is -1.99. The van der Waals surface area contributed by atoms with E-state index in [1.807, 2.05) is 31.2 Å². The Balaban J connectivity index is 0.000000342. The first-order valence-corrected chi connectivity index (χ1v) is 7.29. The fourth-order valence-corrected chi connectivity index (χ4v) is 1.56. The average molecular weight is 285 g/mol. The van der Waals surface area contributed by atoms with Crippen molar-refractivity contribution in [2.24, 2.45) is 0 Å². The van der Waals surface area contributed by atoms with E-state index in [9.17, 15) is 4.39 Å². The predicted octanol–water partition coefficient (Wildman–Crippen LogP) is 5.67. The summed E-state index contributed by atoms with van der Waals surface area (Å²) in [5, 5.41) is 8.56. The van der Waals surface area contributed by atoms with Crippen LogP contribution in [0.4, 0.5) is 4.39 Å². The first kappa shape index (κ1) is 18.9. The normalized spacial score (nSPS) is 8.57. The summed E-state index contributed by atoms with van der Waals surface area (Å²) in [6.45, 7) is 8.17. The molecule has 0 aromatic heterocycles. The third kappa shape index (κ3) is 7.89. The Kier molecular flexibility index (Phi) is 10.5. The fraction of sp³-hybridized carbons (Fsp3) is 0.316. The topological polar surface area (TPSA) is 23.8 Å². The van der Waals surface area contributed by atoms with Gasteiger partial charge in [0.2, 0.25) is 0 Å². The van der Waals surface area contributed by atoms with Crippen molar-refractivity contribution in [2.45, 2.75) is 40.5 Å². The average Bonchev–Trinajstić information content (AvgIpc) is 2.49. The van der Waals surface area contributed by atoms with Gasteiger partial charge in [-0.1, -0.05) is 69.2 Å². The van der Waals surface area contributed by atoms with E-state index >= 15 is 0 Å². The molecule has 2 heteroatoms. The maximum absolute atomic E-state index is 12.9. The number of aryl methyl sites for hydroxylation is 1. The van der Waals surface area contributed by atoms with Crippen LogP contribution in [0, 0.1) is 24.1 Å². The molecule has 0 unspecified atom stereocenters. The zero-order valence-corrected chi connectivity index (χ0v) is 13.4. The Morgan fingerprint density at radius 3 is 1.86 bits per heavy atom. The molecule has 0 heterocycles. The number of rotatable bonds is 1. The summed E-state index contributed by atoms with van der Waals surface area (Å²) in [6, 6.07) is 16.8.